The van der Waals surface area contributed by atoms with Gasteiger partial charge in [0.1, 0.15) is 0 Å². The number of hydrogen-bond acceptors (Lipinski definition) is 2. The first-order valence-corrected chi connectivity index (χ1v) is 7.50. The second kappa shape index (κ2) is 7.13. The summed E-state index contributed by atoms with van der Waals surface area (Å²) in [7, 11) is 0. The van der Waals surface area contributed by atoms with Crippen molar-refractivity contribution in [2.24, 2.45) is 11.3 Å². The smallest absolute Gasteiger partial charge is 0.309 e. The number of piperidine rings is 1. The molecule has 1 aliphatic heterocycles. The third-order valence-corrected chi connectivity index (χ3v) is 4.35. The molecule has 3 nitrogen and oxygen atoms in total. The molecule has 1 unspecified atom stereocenters. The van der Waals surface area contributed by atoms with Crippen LogP contribution in [0.1, 0.15) is 59.3 Å². The predicted molar refractivity (Wildman–Crippen MR) is 74.7 cm³/mol. The van der Waals surface area contributed by atoms with Crippen molar-refractivity contribution in [3.63, 3.8) is 0 Å². The summed E-state index contributed by atoms with van der Waals surface area (Å²) < 4.78 is 0. The summed E-state index contributed by atoms with van der Waals surface area (Å²) in [4.78, 5) is 13.9. The largest absolute Gasteiger partial charge is 0.481 e. The van der Waals surface area contributed by atoms with Gasteiger partial charge in [0.2, 0.25) is 0 Å². The van der Waals surface area contributed by atoms with Gasteiger partial charge < -0.3 is 10.0 Å². The summed E-state index contributed by atoms with van der Waals surface area (Å²) in [6, 6.07) is 0. The van der Waals surface area contributed by atoms with Gasteiger partial charge in [-0.05, 0) is 44.7 Å². The molecule has 1 saturated heterocycles. The Morgan fingerprint density at radius 3 is 2.33 bits per heavy atom. The zero-order valence-electron chi connectivity index (χ0n) is 12.2. The van der Waals surface area contributed by atoms with E-state index in [1.54, 1.807) is 0 Å². The lowest BCUT2D eigenvalue weighted by molar-refractivity contribution is -0.152. The van der Waals surface area contributed by atoms with Crippen LogP contribution in [0.15, 0.2) is 0 Å². The lowest BCUT2D eigenvalue weighted by Gasteiger charge is -2.39. The minimum Gasteiger partial charge on any atom is -0.481 e. The average Bonchev–Trinajstić information content (AvgIpc) is 2.32. The molecule has 0 radical (unpaired) electrons. The summed E-state index contributed by atoms with van der Waals surface area (Å²) in [5.41, 5.74) is -0.431. The van der Waals surface area contributed by atoms with E-state index in [1.807, 2.05) is 0 Å². The summed E-state index contributed by atoms with van der Waals surface area (Å²) in [6.07, 6.45) is 5.97. The molecular formula is C15H29NO2. The number of nitrogens with zero attached hydrogens (tertiary/aromatic N) is 1. The number of aliphatic carboxylic acids is 1. The lowest BCUT2D eigenvalue weighted by Crippen LogP contribution is -2.45. The fraction of sp³-hybridized carbons (Fsp3) is 0.933. The molecule has 1 rings (SSSR count). The molecule has 0 saturated carbocycles. The predicted octanol–water partition coefficient (Wildman–Crippen LogP) is 3.39. The highest BCUT2D eigenvalue weighted by Gasteiger charge is 2.40. The van der Waals surface area contributed by atoms with E-state index in [2.05, 4.69) is 25.7 Å². The van der Waals surface area contributed by atoms with Crippen molar-refractivity contribution in [1.82, 2.24) is 4.90 Å². The number of carboxylic acids is 1. The highest BCUT2D eigenvalue weighted by atomic mass is 16.4. The summed E-state index contributed by atoms with van der Waals surface area (Å²) >= 11 is 0. The standard InChI is InChI=1S/C15H29NO2/c1-4-6-13(3)12-16-10-8-15(7-5-2,9-11-16)14(17)18/h13H,4-12H2,1-3H3,(H,17,18). The van der Waals surface area contributed by atoms with Gasteiger partial charge in [0.05, 0.1) is 5.41 Å². The van der Waals surface area contributed by atoms with Gasteiger partial charge in [-0.1, -0.05) is 33.6 Å². The molecule has 0 amide bonds. The maximum absolute atomic E-state index is 11.5. The van der Waals surface area contributed by atoms with Crippen LogP contribution in [0.25, 0.3) is 0 Å². The zero-order valence-corrected chi connectivity index (χ0v) is 12.2. The molecule has 1 N–H and O–H groups in total. The van der Waals surface area contributed by atoms with Gasteiger partial charge in [0.25, 0.3) is 0 Å². The van der Waals surface area contributed by atoms with Gasteiger partial charge in [0.15, 0.2) is 0 Å². The number of carbonyl (C=O) groups is 1. The van der Waals surface area contributed by atoms with E-state index in [0.717, 1.165) is 51.2 Å². The minimum absolute atomic E-state index is 0.431. The third kappa shape index (κ3) is 3.98. The SMILES string of the molecule is CCCC(C)CN1CCC(CCC)(C(=O)O)CC1. The van der Waals surface area contributed by atoms with Gasteiger partial charge in [0, 0.05) is 6.54 Å². The Balaban J connectivity index is 2.45. The van der Waals surface area contributed by atoms with Crippen LogP contribution in [0.4, 0.5) is 0 Å². The highest BCUT2D eigenvalue weighted by Crippen LogP contribution is 2.36. The van der Waals surface area contributed by atoms with Crippen molar-refractivity contribution in [3.05, 3.63) is 0 Å². The fourth-order valence-electron chi connectivity index (χ4n) is 3.24. The van der Waals surface area contributed by atoms with E-state index in [9.17, 15) is 9.90 Å². The van der Waals surface area contributed by atoms with Gasteiger partial charge in [-0.2, -0.15) is 0 Å². The Bertz CT molecular complexity index is 257. The van der Waals surface area contributed by atoms with E-state index >= 15 is 0 Å². The molecule has 1 aliphatic rings. The summed E-state index contributed by atoms with van der Waals surface area (Å²) in [5.74, 6) is 0.157. The van der Waals surface area contributed by atoms with Crippen LogP contribution in [0, 0.1) is 11.3 Å². The molecule has 0 aliphatic carbocycles. The quantitative estimate of drug-likeness (QED) is 0.758. The van der Waals surface area contributed by atoms with Crippen molar-refractivity contribution in [2.45, 2.75) is 59.3 Å². The third-order valence-electron chi connectivity index (χ3n) is 4.35. The van der Waals surface area contributed by atoms with Crippen LogP contribution in [0.5, 0.6) is 0 Å². The molecule has 106 valence electrons. The first-order chi connectivity index (χ1) is 8.54. The Morgan fingerprint density at radius 2 is 1.89 bits per heavy atom. The molecule has 18 heavy (non-hydrogen) atoms. The highest BCUT2D eigenvalue weighted by molar-refractivity contribution is 5.74. The van der Waals surface area contributed by atoms with Crippen molar-refractivity contribution < 1.29 is 9.90 Å². The number of rotatable bonds is 7. The minimum atomic E-state index is -0.578. The van der Waals surface area contributed by atoms with Gasteiger partial charge in [-0.25, -0.2) is 0 Å². The van der Waals surface area contributed by atoms with Gasteiger partial charge >= 0.3 is 5.97 Å². The van der Waals surface area contributed by atoms with Crippen molar-refractivity contribution in [1.29, 1.82) is 0 Å². The molecule has 0 spiro atoms. The first-order valence-electron chi connectivity index (χ1n) is 7.50. The average molecular weight is 255 g/mol. The Kier molecular flexibility index (Phi) is 6.13. The maximum Gasteiger partial charge on any atom is 0.309 e. The van der Waals surface area contributed by atoms with Crippen LogP contribution >= 0.6 is 0 Å². The Labute approximate surface area is 112 Å². The van der Waals surface area contributed by atoms with Gasteiger partial charge in [-0.3, -0.25) is 4.79 Å². The number of hydrogen-bond donors (Lipinski definition) is 1. The fourth-order valence-corrected chi connectivity index (χ4v) is 3.24. The van der Waals surface area contributed by atoms with Crippen LogP contribution in [-0.2, 0) is 4.79 Å². The van der Waals surface area contributed by atoms with Gasteiger partial charge in [-0.15, -0.1) is 0 Å². The van der Waals surface area contributed by atoms with E-state index in [-0.39, 0.29) is 0 Å². The normalized spacial score (nSPS) is 21.7. The molecule has 1 heterocycles. The van der Waals surface area contributed by atoms with Crippen molar-refractivity contribution in [2.75, 3.05) is 19.6 Å². The summed E-state index contributed by atoms with van der Waals surface area (Å²) in [6.45, 7) is 9.66. The van der Waals surface area contributed by atoms with E-state index in [1.165, 1.54) is 12.8 Å². The summed E-state index contributed by atoms with van der Waals surface area (Å²) in [5, 5.41) is 9.45. The second-order valence-corrected chi connectivity index (χ2v) is 6.03. The molecule has 0 bridgehead atoms. The van der Waals surface area contributed by atoms with E-state index < -0.39 is 11.4 Å². The maximum atomic E-state index is 11.5. The van der Waals surface area contributed by atoms with Crippen LogP contribution < -0.4 is 0 Å². The molecular weight excluding hydrogens is 226 g/mol. The van der Waals surface area contributed by atoms with E-state index in [4.69, 9.17) is 0 Å². The van der Waals surface area contributed by atoms with Crippen LogP contribution in [0.2, 0.25) is 0 Å². The van der Waals surface area contributed by atoms with Crippen molar-refractivity contribution >= 4 is 5.97 Å². The lowest BCUT2D eigenvalue weighted by atomic mass is 9.75. The molecule has 0 aromatic heterocycles. The van der Waals surface area contributed by atoms with Crippen LogP contribution in [-0.4, -0.2) is 35.6 Å². The monoisotopic (exact) mass is 255 g/mol. The molecule has 0 aromatic carbocycles. The molecule has 0 aromatic rings. The topological polar surface area (TPSA) is 40.5 Å². The molecule has 1 atom stereocenters. The molecule has 3 heteroatoms. The Hall–Kier alpha value is -0.570. The Morgan fingerprint density at radius 1 is 1.28 bits per heavy atom. The first kappa shape index (κ1) is 15.5. The zero-order chi connectivity index (χ0) is 13.6. The van der Waals surface area contributed by atoms with Crippen molar-refractivity contribution in [3.8, 4) is 0 Å². The number of likely N-dealkylation sites (tertiary alicyclic amines) is 1. The molecule has 1 fully saturated rings. The second-order valence-electron chi connectivity index (χ2n) is 6.03. The van der Waals surface area contributed by atoms with Crippen LogP contribution in [0.3, 0.4) is 0 Å². The number of carboxylic acid groups (broad SMARTS) is 1. The van der Waals surface area contributed by atoms with E-state index in [0.29, 0.717) is 0 Å².